The number of nitriles is 2. The molecular formula is C23H19FN6O2S. The highest BCUT2D eigenvalue weighted by atomic mass is 32.2. The van der Waals surface area contributed by atoms with Gasteiger partial charge in [0.25, 0.3) is 0 Å². The van der Waals surface area contributed by atoms with E-state index in [-0.39, 0.29) is 11.6 Å². The molecule has 3 aromatic rings. The van der Waals surface area contributed by atoms with Crippen molar-refractivity contribution in [3.8, 4) is 12.1 Å². The Morgan fingerprint density at radius 3 is 2.55 bits per heavy atom. The van der Waals surface area contributed by atoms with Crippen molar-refractivity contribution < 1.29 is 12.8 Å². The molecule has 8 nitrogen and oxygen atoms in total. The average Bonchev–Trinajstić information content (AvgIpc) is 3.16. The van der Waals surface area contributed by atoms with Gasteiger partial charge in [0.15, 0.2) is 5.82 Å². The van der Waals surface area contributed by atoms with Gasteiger partial charge in [0.05, 0.1) is 40.6 Å². The first-order valence-corrected chi connectivity index (χ1v) is 11.7. The van der Waals surface area contributed by atoms with E-state index in [1.54, 1.807) is 32.0 Å². The topological polar surface area (TPSA) is 135 Å². The number of halogens is 1. The number of sulfonamides is 1. The number of anilines is 1. The second kappa shape index (κ2) is 8.49. The van der Waals surface area contributed by atoms with Crippen LogP contribution in [0.5, 0.6) is 0 Å². The van der Waals surface area contributed by atoms with Crippen LogP contribution in [0.15, 0.2) is 58.7 Å². The van der Waals surface area contributed by atoms with Crippen molar-refractivity contribution in [1.82, 2.24) is 10.2 Å². The Morgan fingerprint density at radius 1 is 1.15 bits per heavy atom. The molecule has 0 spiro atoms. The standard InChI is InChI=1S/C23H19FN6O2S/c1-13-19(10-25)22(20(11-26)14(2)27-13)16-5-8-21-18(9-16)23(29-28-21)30-33(31,32)12-15-3-6-17(24)7-4-15/h3-9,19,22H,12H2,1-2H3,(H2,28,29,30). The molecule has 0 saturated heterocycles. The van der Waals surface area contributed by atoms with Crippen molar-refractivity contribution >= 4 is 32.5 Å². The van der Waals surface area contributed by atoms with Crippen LogP contribution in [0.4, 0.5) is 10.2 Å². The third-order valence-corrected chi connectivity index (χ3v) is 6.77. The van der Waals surface area contributed by atoms with E-state index < -0.39 is 27.7 Å². The lowest BCUT2D eigenvalue weighted by atomic mass is 9.76. The van der Waals surface area contributed by atoms with Crippen LogP contribution in [0, 0.1) is 34.4 Å². The summed E-state index contributed by atoms with van der Waals surface area (Å²) in [6.45, 7) is 3.48. The molecule has 0 amide bonds. The van der Waals surface area contributed by atoms with Gasteiger partial charge >= 0.3 is 0 Å². The van der Waals surface area contributed by atoms with Crippen molar-refractivity contribution in [3.05, 3.63) is 70.7 Å². The van der Waals surface area contributed by atoms with Gasteiger partial charge in [-0.25, -0.2) is 12.8 Å². The minimum absolute atomic E-state index is 0.0999. The summed E-state index contributed by atoms with van der Waals surface area (Å²) >= 11 is 0. The fourth-order valence-corrected chi connectivity index (χ4v) is 5.14. The largest absolute Gasteiger partial charge is 0.276 e. The highest BCUT2D eigenvalue weighted by molar-refractivity contribution is 7.91. The summed E-state index contributed by atoms with van der Waals surface area (Å²) in [5, 5.41) is 26.8. The molecule has 1 aromatic heterocycles. The van der Waals surface area contributed by atoms with Crippen molar-refractivity contribution in [3.63, 3.8) is 0 Å². The second-order valence-corrected chi connectivity index (χ2v) is 9.54. The zero-order chi connectivity index (χ0) is 23.8. The smallest absolute Gasteiger partial charge is 0.238 e. The molecule has 10 heteroatoms. The van der Waals surface area contributed by atoms with Crippen LogP contribution >= 0.6 is 0 Å². The zero-order valence-corrected chi connectivity index (χ0v) is 18.6. The number of fused-ring (bicyclic) bond motifs is 1. The first kappa shape index (κ1) is 22.2. The van der Waals surface area contributed by atoms with Gasteiger partial charge in [-0.05, 0) is 49.2 Å². The number of aliphatic imine (C=N–C) groups is 1. The Labute approximate surface area is 190 Å². The van der Waals surface area contributed by atoms with Gasteiger partial charge in [0, 0.05) is 17.0 Å². The van der Waals surface area contributed by atoms with Crippen molar-refractivity contribution in [2.75, 3.05) is 4.72 Å². The molecule has 1 aliphatic heterocycles. The summed E-state index contributed by atoms with van der Waals surface area (Å²) in [6, 6.07) is 14.9. The minimum atomic E-state index is -3.84. The van der Waals surface area contributed by atoms with E-state index in [1.807, 2.05) is 0 Å². The molecule has 0 fully saturated rings. The zero-order valence-electron chi connectivity index (χ0n) is 17.8. The number of aromatic amines is 1. The monoisotopic (exact) mass is 462 g/mol. The number of H-pyrrole nitrogens is 1. The number of rotatable bonds is 5. The molecule has 2 unspecified atom stereocenters. The lowest BCUT2D eigenvalue weighted by molar-refractivity contribution is 0.599. The Balaban J connectivity index is 1.71. The van der Waals surface area contributed by atoms with Crippen LogP contribution in [0.3, 0.4) is 0 Å². The maximum absolute atomic E-state index is 13.1. The fraction of sp³-hybridized carbons (Fsp3) is 0.217. The van der Waals surface area contributed by atoms with Crippen LogP contribution in [0.1, 0.15) is 30.9 Å². The first-order chi connectivity index (χ1) is 15.7. The van der Waals surface area contributed by atoms with E-state index in [4.69, 9.17) is 0 Å². The van der Waals surface area contributed by atoms with Gasteiger partial charge in [-0.2, -0.15) is 15.6 Å². The van der Waals surface area contributed by atoms with Crippen molar-refractivity contribution in [2.45, 2.75) is 25.5 Å². The first-order valence-electron chi connectivity index (χ1n) is 10.0. The van der Waals surface area contributed by atoms with Gasteiger partial charge in [0.2, 0.25) is 10.0 Å². The van der Waals surface area contributed by atoms with Gasteiger partial charge in [-0.1, -0.05) is 18.2 Å². The highest BCUT2D eigenvalue weighted by Gasteiger charge is 2.34. The molecule has 0 saturated carbocycles. The minimum Gasteiger partial charge on any atom is -0.276 e. The Kier molecular flexibility index (Phi) is 5.71. The lowest BCUT2D eigenvalue weighted by Gasteiger charge is -2.26. The quantitative estimate of drug-likeness (QED) is 0.587. The number of aromatic nitrogens is 2. The summed E-state index contributed by atoms with van der Waals surface area (Å²) in [7, 11) is -3.84. The Hall–Kier alpha value is -4.02. The van der Waals surface area contributed by atoms with Crippen LogP contribution in [0.2, 0.25) is 0 Å². The van der Waals surface area contributed by atoms with E-state index in [0.29, 0.717) is 39.0 Å². The second-order valence-electron chi connectivity index (χ2n) is 7.81. The fourth-order valence-electron chi connectivity index (χ4n) is 3.99. The van der Waals surface area contributed by atoms with E-state index >= 15 is 0 Å². The van der Waals surface area contributed by atoms with Gasteiger partial charge in [-0.3, -0.25) is 14.8 Å². The van der Waals surface area contributed by atoms with Crippen molar-refractivity contribution in [2.24, 2.45) is 10.9 Å². The molecule has 166 valence electrons. The summed E-state index contributed by atoms with van der Waals surface area (Å²) < 4.78 is 41.0. The molecule has 1 aliphatic rings. The lowest BCUT2D eigenvalue weighted by Crippen LogP contribution is -2.24. The number of hydrogen-bond donors (Lipinski definition) is 2. The third kappa shape index (κ3) is 4.34. The number of allylic oxidation sites excluding steroid dienone is 2. The maximum atomic E-state index is 13.1. The van der Waals surface area contributed by atoms with Crippen LogP contribution in [-0.2, 0) is 15.8 Å². The van der Waals surface area contributed by atoms with Gasteiger partial charge in [0.1, 0.15) is 5.82 Å². The molecule has 2 atom stereocenters. The molecule has 0 bridgehead atoms. The van der Waals surface area contributed by atoms with E-state index in [1.165, 1.54) is 24.3 Å². The predicted octanol–water partition coefficient (Wildman–Crippen LogP) is 4.14. The number of benzene rings is 2. The summed E-state index contributed by atoms with van der Waals surface area (Å²) in [5.74, 6) is -1.85. The number of hydrogen-bond acceptors (Lipinski definition) is 6. The third-order valence-electron chi connectivity index (χ3n) is 5.56. The molecule has 33 heavy (non-hydrogen) atoms. The number of nitrogens with one attached hydrogen (secondary N) is 2. The SMILES string of the molecule is CC1=NC(C)=C(C#N)C(c2ccc3[nH]nc(NS(=O)(=O)Cc4ccc(F)cc4)c3c2)C1C#N. The van der Waals surface area contributed by atoms with E-state index in [2.05, 4.69) is 32.1 Å². The summed E-state index contributed by atoms with van der Waals surface area (Å²) in [4.78, 5) is 4.34. The molecular weight excluding hydrogens is 443 g/mol. The van der Waals surface area contributed by atoms with Crippen LogP contribution < -0.4 is 4.72 Å². The Morgan fingerprint density at radius 2 is 1.88 bits per heavy atom. The Bertz CT molecular complexity index is 1490. The van der Waals surface area contributed by atoms with Crippen LogP contribution in [0.25, 0.3) is 10.9 Å². The molecule has 2 heterocycles. The summed E-state index contributed by atoms with van der Waals surface area (Å²) in [5.41, 5.74) is 3.27. The average molecular weight is 463 g/mol. The molecule has 4 rings (SSSR count). The van der Waals surface area contributed by atoms with Crippen molar-refractivity contribution in [1.29, 1.82) is 10.5 Å². The van der Waals surface area contributed by atoms with Gasteiger partial charge in [-0.15, -0.1) is 0 Å². The maximum Gasteiger partial charge on any atom is 0.238 e. The van der Waals surface area contributed by atoms with Gasteiger partial charge < -0.3 is 0 Å². The predicted molar refractivity (Wildman–Crippen MR) is 122 cm³/mol. The molecule has 2 aromatic carbocycles. The molecule has 0 radical (unpaired) electrons. The van der Waals surface area contributed by atoms with E-state index in [0.717, 1.165) is 0 Å². The summed E-state index contributed by atoms with van der Waals surface area (Å²) in [6.07, 6.45) is 0. The van der Waals surface area contributed by atoms with Crippen LogP contribution in [-0.4, -0.2) is 24.3 Å². The highest BCUT2D eigenvalue weighted by Crippen LogP contribution is 2.39. The molecule has 2 N–H and O–H groups in total. The number of nitrogens with zero attached hydrogens (tertiary/aromatic N) is 4. The molecule has 0 aliphatic carbocycles. The van der Waals surface area contributed by atoms with E-state index in [9.17, 15) is 23.3 Å². The normalized spacial score (nSPS) is 18.5.